The lowest BCUT2D eigenvalue weighted by molar-refractivity contribution is 0.0990. The molecular formula is C27H17NO3. The van der Waals surface area contributed by atoms with E-state index >= 15 is 0 Å². The summed E-state index contributed by atoms with van der Waals surface area (Å²) in [7, 11) is 1.91. The van der Waals surface area contributed by atoms with E-state index in [1.807, 2.05) is 90.5 Å². The Morgan fingerprint density at radius 1 is 0.774 bits per heavy atom. The average molecular weight is 403 g/mol. The summed E-state index contributed by atoms with van der Waals surface area (Å²) in [6.07, 6.45) is 1.67. The summed E-state index contributed by atoms with van der Waals surface area (Å²) >= 11 is 0. The van der Waals surface area contributed by atoms with Crippen LogP contribution in [0.2, 0.25) is 0 Å². The summed E-state index contributed by atoms with van der Waals surface area (Å²) < 4.78 is 7.97. The van der Waals surface area contributed by atoms with Gasteiger partial charge in [0.25, 0.3) is 0 Å². The van der Waals surface area contributed by atoms with Crippen molar-refractivity contribution >= 4 is 39.5 Å². The maximum Gasteiger partial charge on any atom is 0.197 e. The van der Waals surface area contributed by atoms with Crippen LogP contribution in [0.5, 0.6) is 0 Å². The first-order valence-corrected chi connectivity index (χ1v) is 10.1. The Balaban J connectivity index is 1.43. The lowest BCUT2D eigenvalue weighted by Gasteiger charge is -2.00. The second kappa shape index (κ2) is 6.41. The minimum Gasteiger partial charge on any atom is -0.454 e. The molecule has 0 unspecified atom stereocenters. The van der Waals surface area contributed by atoms with Gasteiger partial charge in [0.2, 0.25) is 0 Å². The van der Waals surface area contributed by atoms with Crippen LogP contribution in [0.1, 0.15) is 26.4 Å². The summed E-state index contributed by atoms with van der Waals surface area (Å²) in [4.78, 5) is 26.1. The fraction of sp³-hybridized carbons (Fsp3) is 0.0370. The number of fused-ring (bicyclic) bond motifs is 3. The topological polar surface area (TPSA) is 52.2 Å². The van der Waals surface area contributed by atoms with Crippen LogP contribution < -0.4 is 0 Å². The Morgan fingerprint density at radius 2 is 1.39 bits per heavy atom. The zero-order valence-electron chi connectivity index (χ0n) is 16.8. The Hall–Kier alpha value is -4.18. The number of rotatable bonds is 2. The lowest BCUT2D eigenvalue weighted by Crippen LogP contribution is -2.01. The van der Waals surface area contributed by atoms with Crippen molar-refractivity contribution in [2.75, 3.05) is 0 Å². The van der Waals surface area contributed by atoms with Gasteiger partial charge in [-0.1, -0.05) is 54.6 Å². The molecule has 6 rings (SSSR count). The third-order valence-electron chi connectivity index (χ3n) is 5.98. The molecule has 1 aliphatic rings. The van der Waals surface area contributed by atoms with Gasteiger partial charge in [0.1, 0.15) is 5.76 Å². The van der Waals surface area contributed by atoms with Gasteiger partial charge in [-0.2, -0.15) is 0 Å². The smallest absolute Gasteiger partial charge is 0.197 e. The molecule has 4 nitrogen and oxygen atoms in total. The van der Waals surface area contributed by atoms with Gasteiger partial charge in [-0.25, -0.2) is 0 Å². The van der Waals surface area contributed by atoms with Crippen LogP contribution >= 0.6 is 0 Å². The number of hydrogen-bond acceptors (Lipinski definition) is 3. The molecule has 3 aromatic carbocycles. The zero-order chi connectivity index (χ0) is 21.1. The van der Waals surface area contributed by atoms with E-state index in [0.717, 1.165) is 33.3 Å². The maximum absolute atomic E-state index is 13.0. The van der Waals surface area contributed by atoms with E-state index in [2.05, 4.69) is 0 Å². The lowest BCUT2D eigenvalue weighted by atomic mass is 10.0. The van der Waals surface area contributed by atoms with Crippen LogP contribution in [0, 0.1) is 0 Å². The molecule has 0 N–H and O–H groups in total. The molecule has 0 saturated carbocycles. The van der Waals surface area contributed by atoms with Crippen LogP contribution in [-0.2, 0) is 7.05 Å². The average Bonchev–Trinajstić information content (AvgIpc) is 3.41. The van der Waals surface area contributed by atoms with Crippen molar-refractivity contribution in [1.29, 1.82) is 0 Å². The SMILES string of the molecule is Cn1c(C=C2C(=O)c3cc4ccccc4cc3C2=O)cc2oc(-c3ccccc3)cc21. The first-order chi connectivity index (χ1) is 15.1. The molecule has 2 heterocycles. The molecule has 31 heavy (non-hydrogen) atoms. The van der Waals surface area contributed by atoms with E-state index in [-0.39, 0.29) is 17.1 Å². The molecule has 0 saturated heterocycles. The minimum atomic E-state index is -0.228. The van der Waals surface area contributed by atoms with Crippen LogP contribution in [0.4, 0.5) is 0 Å². The number of carbonyl (C=O) groups excluding carboxylic acids is 2. The molecule has 0 radical (unpaired) electrons. The molecule has 4 heteroatoms. The van der Waals surface area contributed by atoms with Gasteiger partial charge in [-0.15, -0.1) is 0 Å². The Kier molecular flexibility index (Phi) is 3.65. The monoisotopic (exact) mass is 403 g/mol. The normalized spacial score (nSPS) is 13.4. The van der Waals surface area contributed by atoms with E-state index < -0.39 is 0 Å². The van der Waals surface area contributed by atoms with Crippen LogP contribution in [0.15, 0.2) is 88.9 Å². The van der Waals surface area contributed by atoms with Gasteiger partial charge in [0.15, 0.2) is 17.1 Å². The molecule has 2 aromatic heterocycles. The second-order valence-electron chi connectivity index (χ2n) is 7.82. The standard InChI is InChI=1S/C27H17NO3/c1-28-19(14-25-23(28)15-24(31-25)16-7-3-2-4-8-16)13-22-26(29)20-11-17-9-5-6-10-18(17)12-21(20)27(22)30/h2-15H,1H3. The number of benzene rings is 3. The van der Waals surface area contributed by atoms with Crippen molar-refractivity contribution in [3.63, 3.8) is 0 Å². The van der Waals surface area contributed by atoms with E-state index in [1.54, 1.807) is 6.08 Å². The maximum atomic E-state index is 13.0. The zero-order valence-corrected chi connectivity index (χ0v) is 16.8. The number of hydrogen-bond donors (Lipinski definition) is 0. The van der Waals surface area contributed by atoms with Gasteiger partial charge in [0, 0.05) is 41.6 Å². The van der Waals surface area contributed by atoms with Gasteiger partial charge in [0.05, 0.1) is 11.1 Å². The Labute approximate surface area is 178 Å². The highest BCUT2D eigenvalue weighted by Gasteiger charge is 2.33. The van der Waals surface area contributed by atoms with Crippen LogP contribution in [-0.4, -0.2) is 16.1 Å². The Morgan fingerprint density at radius 3 is 2.00 bits per heavy atom. The van der Waals surface area contributed by atoms with Crippen molar-refractivity contribution in [3.8, 4) is 11.3 Å². The number of carbonyl (C=O) groups is 2. The molecule has 0 fully saturated rings. The third-order valence-corrected chi connectivity index (χ3v) is 5.98. The van der Waals surface area contributed by atoms with E-state index in [4.69, 9.17) is 4.42 Å². The van der Waals surface area contributed by atoms with E-state index in [0.29, 0.717) is 16.7 Å². The summed E-state index contributed by atoms with van der Waals surface area (Å²) in [5.41, 5.74) is 4.51. The molecule has 0 bridgehead atoms. The molecular weight excluding hydrogens is 386 g/mol. The summed E-state index contributed by atoms with van der Waals surface area (Å²) in [6, 6.07) is 25.1. The number of aryl methyl sites for hydroxylation is 1. The molecule has 0 amide bonds. The van der Waals surface area contributed by atoms with Gasteiger partial charge in [-0.05, 0) is 29.0 Å². The largest absolute Gasteiger partial charge is 0.454 e. The van der Waals surface area contributed by atoms with Crippen molar-refractivity contribution in [3.05, 3.63) is 101 Å². The number of allylic oxidation sites excluding steroid dienone is 1. The van der Waals surface area contributed by atoms with Crippen LogP contribution in [0.3, 0.4) is 0 Å². The summed E-state index contributed by atoms with van der Waals surface area (Å²) in [5.74, 6) is 0.328. The second-order valence-corrected chi connectivity index (χ2v) is 7.82. The predicted octanol–water partition coefficient (Wildman–Crippen LogP) is 6.05. The molecule has 5 aromatic rings. The number of aromatic nitrogens is 1. The first-order valence-electron chi connectivity index (χ1n) is 10.1. The quantitative estimate of drug-likeness (QED) is 0.266. The van der Waals surface area contributed by atoms with Gasteiger partial charge < -0.3 is 8.98 Å². The molecule has 0 atom stereocenters. The summed E-state index contributed by atoms with van der Waals surface area (Å²) in [6.45, 7) is 0. The number of furan rings is 1. The van der Waals surface area contributed by atoms with Gasteiger partial charge >= 0.3 is 0 Å². The highest BCUT2D eigenvalue weighted by molar-refractivity contribution is 6.42. The van der Waals surface area contributed by atoms with Crippen molar-refractivity contribution in [2.24, 2.45) is 7.05 Å². The van der Waals surface area contributed by atoms with E-state index in [9.17, 15) is 9.59 Å². The number of ketones is 2. The van der Waals surface area contributed by atoms with Gasteiger partial charge in [-0.3, -0.25) is 9.59 Å². The van der Waals surface area contributed by atoms with Crippen LogP contribution in [0.25, 0.3) is 39.3 Å². The number of nitrogens with zero attached hydrogens (tertiary/aromatic N) is 1. The Bertz CT molecular complexity index is 1510. The third kappa shape index (κ3) is 2.62. The highest BCUT2D eigenvalue weighted by Crippen LogP contribution is 2.34. The highest BCUT2D eigenvalue weighted by atomic mass is 16.3. The van der Waals surface area contributed by atoms with Crippen molar-refractivity contribution in [1.82, 2.24) is 4.57 Å². The first kappa shape index (κ1) is 17.7. The fourth-order valence-electron chi connectivity index (χ4n) is 4.30. The molecule has 148 valence electrons. The number of Topliss-reactive ketones (excluding diaryl/α,β-unsaturated/α-hetero) is 2. The van der Waals surface area contributed by atoms with E-state index in [1.165, 1.54) is 0 Å². The predicted molar refractivity (Wildman–Crippen MR) is 121 cm³/mol. The minimum absolute atomic E-state index is 0.192. The molecule has 0 aliphatic heterocycles. The molecule has 0 spiro atoms. The summed E-state index contributed by atoms with van der Waals surface area (Å²) in [5, 5.41) is 1.90. The molecule has 1 aliphatic carbocycles. The van der Waals surface area contributed by atoms with Crippen molar-refractivity contribution in [2.45, 2.75) is 0 Å². The fourth-order valence-corrected chi connectivity index (χ4v) is 4.30. The van der Waals surface area contributed by atoms with Crippen molar-refractivity contribution < 1.29 is 14.0 Å².